The van der Waals surface area contributed by atoms with Gasteiger partial charge in [-0.3, -0.25) is 4.99 Å². The molecule has 30 heavy (non-hydrogen) atoms. The molecule has 0 radical (unpaired) electrons. The van der Waals surface area contributed by atoms with Gasteiger partial charge in [-0.05, 0) is 43.9 Å². The van der Waals surface area contributed by atoms with Crippen LogP contribution in [-0.2, 0) is 24.1 Å². The molecule has 0 saturated carbocycles. The number of nitrogens with one attached hydrogen (secondary N) is 2. The number of hydrogen-bond acceptors (Lipinski definition) is 4. The Morgan fingerprint density at radius 1 is 1.37 bits per heavy atom. The Hall–Kier alpha value is -1.75. The molecule has 0 spiro atoms. The average molecular weight is 530 g/mol. The number of hydrogen-bond donors (Lipinski definition) is 2. The molecule has 9 heteroatoms. The Morgan fingerprint density at radius 2 is 2.17 bits per heavy atom. The van der Waals surface area contributed by atoms with Crippen LogP contribution in [0.1, 0.15) is 38.1 Å². The van der Waals surface area contributed by atoms with E-state index in [1.54, 1.807) is 18.5 Å². The summed E-state index contributed by atoms with van der Waals surface area (Å²) in [5.74, 6) is 1.52. The first-order valence-electron chi connectivity index (χ1n) is 10.4. The zero-order valence-corrected chi connectivity index (χ0v) is 20.0. The van der Waals surface area contributed by atoms with Gasteiger partial charge in [-0.25, -0.2) is 4.39 Å². The van der Waals surface area contributed by atoms with Crippen LogP contribution in [0, 0.1) is 5.82 Å². The molecule has 1 aliphatic heterocycles. The number of aryl methyl sites for hydroxylation is 1. The van der Waals surface area contributed by atoms with Gasteiger partial charge in [0, 0.05) is 32.7 Å². The second kappa shape index (κ2) is 12.8. The van der Waals surface area contributed by atoms with Gasteiger partial charge >= 0.3 is 0 Å². The molecule has 2 unspecified atom stereocenters. The minimum absolute atomic E-state index is 0. The number of ether oxygens (including phenoxy) is 1. The van der Waals surface area contributed by atoms with Crippen LogP contribution in [0.4, 0.5) is 4.39 Å². The smallest absolute Gasteiger partial charge is 0.191 e. The number of rotatable bonds is 9. The van der Waals surface area contributed by atoms with Crippen molar-refractivity contribution >= 4 is 29.9 Å². The summed E-state index contributed by atoms with van der Waals surface area (Å²) < 4.78 is 20.9. The lowest BCUT2D eigenvalue weighted by molar-refractivity contribution is 0.0890. The van der Waals surface area contributed by atoms with Crippen molar-refractivity contribution in [3.63, 3.8) is 0 Å². The number of aromatic nitrogens is 3. The van der Waals surface area contributed by atoms with Crippen molar-refractivity contribution in [2.24, 2.45) is 4.99 Å². The fraction of sp³-hybridized carbons (Fsp3) is 0.571. The maximum absolute atomic E-state index is 13.1. The zero-order chi connectivity index (χ0) is 20.5. The van der Waals surface area contributed by atoms with E-state index >= 15 is 0 Å². The molecule has 0 aliphatic carbocycles. The first-order valence-corrected chi connectivity index (χ1v) is 10.4. The van der Waals surface area contributed by atoms with E-state index < -0.39 is 0 Å². The largest absolute Gasteiger partial charge is 0.376 e. The van der Waals surface area contributed by atoms with E-state index in [4.69, 9.17) is 9.73 Å². The molecular formula is C21H32FIN6O. The summed E-state index contributed by atoms with van der Waals surface area (Å²) >= 11 is 0. The van der Waals surface area contributed by atoms with E-state index in [9.17, 15) is 4.39 Å². The zero-order valence-electron chi connectivity index (χ0n) is 17.7. The summed E-state index contributed by atoms with van der Waals surface area (Å²) in [4.78, 5) is 4.72. The first kappa shape index (κ1) is 24.5. The Morgan fingerprint density at radius 3 is 2.87 bits per heavy atom. The predicted molar refractivity (Wildman–Crippen MR) is 127 cm³/mol. The number of benzene rings is 1. The molecule has 2 aromatic rings. The lowest BCUT2D eigenvalue weighted by atomic mass is 10.1. The lowest BCUT2D eigenvalue weighted by Crippen LogP contribution is -2.47. The van der Waals surface area contributed by atoms with Gasteiger partial charge in [0.1, 0.15) is 18.0 Å². The monoisotopic (exact) mass is 530 g/mol. The fourth-order valence-electron chi connectivity index (χ4n) is 3.44. The topological polar surface area (TPSA) is 76.4 Å². The Bertz CT molecular complexity index is 776. The van der Waals surface area contributed by atoms with Gasteiger partial charge in [-0.15, -0.1) is 34.2 Å². The molecule has 2 N–H and O–H groups in total. The van der Waals surface area contributed by atoms with Crippen LogP contribution in [0.5, 0.6) is 0 Å². The maximum atomic E-state index is 13.1. The van der Waals surface area contributed by atoms with Gasteiger partial charge in [0.15, 0.2) is 5.96 Å². The summed E-state index contributed by atoms with van der Waals surface area (Å²) in [5.41, 5.74) is 1.07. The van der Waals surface area contributed by atoms with E-state index in [0.717, 1.165) is 56.2 Å². The second-order valence-electron chi connectivity index (χ2n) is 7.31. The molecule has 2 atom stereocenters. The SMILES string of the molecule is CCc1nncn1CCNC(=NCCc1ccc(F)cc1)NC(C)C1CCCO1.I. The highest BCUT2D eigenvalue weighted by Crippen LogP contribution is 2.15. The molecular weight excluding hydrogens is 498 g/mol. The number of nitrogens with zero attached hydrogens (tertiary/aromatic N) is 4. The van der Waals surface area contributed by atoms with Crippen molar-refractivity contribution in [2.75, 3.05) is 19.7 Å². The molecule has 1 saturated heterocycles. The van der Waals surface area contributed by atoms with E-state index in [2.05, 4.69) is 34.7 Å². The van der Waals surface area contributed by atoms with Crippen molar-refractivity contribution in [1.82, 2.24) is 25.4 Å². The standard InChI is InChI=1S/C21H31FN6O.HI/c1-3-20-27-25-15-28(20)13-12-24-21(26-16(2)19-5-4-14-29-19)23-11-10-17-6-8-18(22)9-7-17;/h6-9,15-16,19H,3-5,10-14H2,1-2H3,(H2,23,24,26);1H. The van der Waals surface area contributed by atoms with Crippen LogP contribution >= 0.6 is 24.0 Å². The van der Waals surface area contributed by atoms with E-state index in [0.29, 0.717) is 13.1 Å². The highest BCUT2D eigenvalue weighted by atomic mass is 127. The third-order valence-corrected chi connectivity index (χ3v) is 5.13. The molecule has 0 bridgehead atoms. The van der Waals surface area contributed by atoms with Gasteiger partial charge in [0.05, 0.1) is 12.1 Å². The van der Waals surface area contributed by atoms with Crippen molar-refractivity contribution in [2.45, 2.75) is 58.2 Å². The first-order chi connectivity index (χ1) is 14.2. The van der Waals surface area contributed by atoms with Gasteiger partial charge < -0.3 is 19.9 Å². The number of halogens is 2. The third-order valence-electron chi connectivity index (χ3n) is 5.13. The molecule has 3 rings (SSSR count). The molecule has 2 heterocycles. The van der Waals surface area contributed by atoms with Gasteiger partial charge in [0.2, 0.25) is 0 Å². The van der Waals surface area contributed by atoms with E-state index in [1.807, 2.05) is 4.57 Å². The summed E-state index contributed by atoms with van der Waals surface area (Å²) in [6.45, 7) is 7.12. The number of aliphatic imine (C=N–C) groups is 1. The summed E-state index contributed by atoms with van der Waals surface area (Å²) in [7, 11) is 0. The normalized spacial score (nSPS) is 17.4. The highest BCUT2D eigenvalue weighted by molar-refractivity contribution is 14.0. The third kappa shape index (κ3) is 7.50. The predicted octanol–water partition coefficient (Wildman–Crippen LogP) is 2.94. The molecule has 0 amide bonds. The molecule has 1 aliphatic rings. The molecule has 1 aromatic carbocycles. The van der Waals surface area contributed by atoms with E-state index in [1.165, 1.54) is 12.1 Å². The van der Waals surface area contributed by atoms with Gasteiger partial charge in [-0.1, -0.05) is 19.1 Å². The van der Waals surface area contributed by atoms with Crippen molar-refractivity contribution in [3.8, 4) is 0 Å². The summed E-state index contributed by atoms with van der Waals surface area (Å²) in [6, 6.07) is 6.76. The highest BCUT2D eigenvalue weighted by Gasteiger charge is 2.23. The minimum Gasteiger partial charge on any atom is -0.376 e. The molecule has 166 valence electrons. The molecule has 1 aromatic heterocycles. The van der Waals surface area contributed by atoms with Crippen molar-refractivity contribution < 1.29 is 9.13 Å². The van der Waals surface area contributed by atoms with Crippen molar-refractivity contribution in [3.05, 3.63) is 47.8 Å². The van der Waals surface area contributed by atoms with Crippen LogP contribution in [0.15, 0.2) is 35.6 Å². The number of guanidine groups is 1. The lowest BCUT2D eigenvalue weighted by Gasteiger charge is -2.23. The fourth-order valence-corrected chi connectivity index (χ4v) is 3.44. The van der Waals surface area contributed by atoms with Crippen LogP contribution in [0.2, 0.25) is 0 Å². The van der Waals surface area contributed by atoms with Crippen LogP contribution in [-0.4, -0.2) is 52.6 Å². The summed E-state index contributed by atoms with van der Waals surface area (Å²) in [6.07, 6.45) is 5.75. The van der Waals surface area contributed by atoms with E-state index in [-0.39, 0.29) is 41.9 Å². The summed E-state index contributed by atoms with van der Waals surface area (Å²) in [5, 5.41) is 15.0. The van der Waals surface area contributed by atoms with Gasteiger partial charge in [0.25, 0.3) is 0 Å². The molecule has 1 fully saturated rings. The second-order valence-corrected chi connectivity index (χ2v) is 7.31. The maximum Gasteiger partial charge on any atom is 0.191 e. The van der Waals surface area contributed by atoms with Crippen molar-refractivity contribution in [1.29, 1.82) is 0 Å². The van der Waals surface area contributed by atoms with Crippen LogP contribution in [0.25, 0.3) is 0 Å². The Balaban J connectivity index is 0.00000320. The Kier molecular flexibility index (Phi) is 10.5. The molecule has 7 nitrogen and oxygen atoms in total. The van der Waals surface area contributed by atoms with Crippen LogP contribution < -0.4 is 10.6 Å². The average Bonchev–Trinajstić information content (AvgIpc) is 3.41. The minimum atomic E-state index is -0.216. The van der Waals surface area contributed by atoms with Gasteiger partial charge in [-0.2, -0.15) is 0 Å². The Labute approximate surface area is 194 Å². The van der Waals surface area contributed by atoms with Crippen LogP contribution in [0.3, 0.4) is 0 Å². The quantitative estimate of drug-likeness (QED) is 0.296.